The predicted octanol–water partition coefficient (Wildman–Crippen LogP) is 23.7. The molecule has 18 rings (SSSR count). The normalized spacial score (nSPS) is 14.0. The van der Waals surface area contributed by atoms with E-state index in [1.807, 2.05) is 279 Å². The third-order valence-electron chi connectivity index (χ3n) is 18.4. The minimum atomic E-state index is -6.64. The van der Waals surface area contributed by atoms with Crippen molar-refractivity contribution in [3.8, 4) is 89.8 Å². The number of hydrogen-bond acceptors (Lipinski definition) is 6. The maximum Gasteiger partial charge on any atom is 0.518 e. The molecule has 16 aromatic rings. The first kappa shape index (κ1) is 57.7. The first-order valence-electron chi connectivity index (χ1n) is 31.2. The number of nitrogens with zero attached hydrogens (tertiary/aromatic N) is 1. The number of fused-ring (bicyclic) bond motifs is 18. The van der Waals surface area contributed by atoms with Crippen LogP contribution in [0.25, 0.3) is 153 Å². The van der Waals surface area contributed by atoms with Crippen molar-refractivity contribution < 1.29 is 39.7 Å². The maximum absolute atomic E-state index is 16.1. The van der Waals surface area contributed by atoms with Crippen molar-refractivity contribution in [1.82, 2.24) is 4.86 Å². The van der Waals surface area contributed by atoms with E-state index in [1.165, 1.54) is 0 Å². The van der Waals surface area contributed by atoms with Gasteiger partial charge in [-0.2, -0.15) is 21.6 Å². The molecule has 0 aromatic heterocycles. The Morgan fingerprint density at radius 1 is 0.312 bits per heavy atom. The predicted molar refractivity (Wildman–Crippen MR) is 390 cm³/mol. The van der Waals surface area contributed by atoms with Crippen molar-refractivity contribution in [2.75, 3.05) is 0 Å². The van der Waals surface area contributed by atoms with Crippen LogP contribution in [0.1, 0.15) is 0 Å². The quantitative estimate of drug-likeness (QED) is 0.159. The third-order valence-corrected chi connectivity index (χ3v) is 24.8. The van der Waals surface area contributed by atoms with Crippen molar-refractivity contribution >= 4 is 118 Å². The van der Waals surface area contributed by atoms with Gasteiger partial charge in [-0.05, 0) is 163 Å². The van der Waals surface area contributed by atoms with Crippen LogP contribution in [0.5, 0.6) is 23.0 Å². The van der Waals surface area contributed by atoms with Crippen molar-refractivity contribution in [1.29, 1.82) is 0 Å². The van der Waals surface area contributed by atoms with Gasteiger partial charge in [-0.3, -0.25) is 0 Å². The Morgan fingerprint density at radius 2 is 0.552 bits per heavy atom. The molecule has 8 nitrogen and oxygen atoms in total. The van der Waals surface area contributed by atoms with Gasteiger partial charge in [-0.25, -0.2) is 0 Å². The summed E-state index contributed by atoms with van der Waals surface area (Å²) in [7, 11) is -16.9. The molecule has 2 aliphatic heterocycles. The van der Waals surface area contributed by atoms with Gasteiger partial charge in [0.25, 0.3) is 7.49 Å². The summed E-state index contributed by atoms with van der Waals surface area (Å²) in [6.07, 6.45) is 4.91. The number of rotatable bonds is 7. The lowest BCUT2D eigenvalue weighted by Gasteiger charge is -2.33. The van der Waals surface area contributed by atoms with Gasteiger partial charge in [0.1, 0.15) is 23.0 Å². The summed E-state index contributed by atoms with van der Waals surface area (Å²) in [5.74, 6) is 0.465. The van der Waals surface area contributed by atoms with Crippen LogP contribution in [-0.4, -0.2) is 20.2 Å². The first-order chi connectivity index (χ1) is 46.7. The summed E-state index contributed by atoms with van der Waals surface area (Å²) in [5, 5.41) is 13.4. The van der Waals surface area contributed by atoms with Crippen molar-refractivity contribution in [3.05, 3.63) is 291 Å². The van der Waals surface area contributed by atoms with Crippen LogP contribution in [0.15, 0.2) is 295 Å². The molecule has 2 heterocycles. The van der Waals surface area contributed by atoms with Crippen LogP contribution < -0.4 is 23.0 Å². The lowest BCUT2D eigenvalue weighted by Crippen LogP contribution is -2.26. The molecule has 0 bridgehead atoms. The molecule has 0 saturated carbocycles. The Kier molecular flexibility index (Phi) is 13.1. The van der Waals surface area contributed by atoms with E-state index in [2.05, 4.69) is 21.1 Å². The fourth-order valence-corrected chi connectivity index (χ4v) is 20.4. The average Bonchev–Trinajstić information content (AvgIpc) is 1.49. The molecular weight excluding hydrogens is 1260 g/mol. The van der Waals surface area contributed by atoms with E-state index in [9.17, 15) is 8.42 Å². The van der Waals surface area contributed by atoms with Crippen molar-refractivity contribution in [2.45, 2.75) is 5.51 Å². The molecule has 0 amide bonds. The standard InChI is InChI=1S/C82H51F3N2O6P2S/c1-94(90-78-70(62-38-34-50-18-2-6-22-54(50)42-62)46-58-26-10-14-30-66(58)74(78)75-67-31-15-11-27-59(67)47-71(79(75)91-94)63-39-35-51-19-3-7-23-55(51)43-63)86-95(87-96(88,89)82(83,84)85)92-80-72(64-40-36-52-20-4-8-24-56(52)44-64)48-60-28-12-16-32-68(60)76(80)77-69-33-17-13-29-61(69)49-73(81(77)93-95)65-41-37-53-21-5-9-25-57(53)45-65/h2-49,86H,1H2. The Hall–Kier alpha value is -11.0. The molecule has 1 N–H and O–H groups in total. The topological polar surface area (TPSA) is 95.5 Å². The monoisotopic (exact) mass is 1310 g/mol. The van der Waals surface area contributed by atoms with E-state index in [-0.39, 0.29) is 23.0 Å². The molecule has 0 atom stereocenters. The summed E-state index contributed by atoms with van der Waals surface area (Å²) >= 11 is 0. The number of sulfonamides is 1. The molecule has 0 unspecified atom stereocenters. The molecule has 462 valence electrons. The number of benzene rings is 16. The van der Waals surface area contributed by atoms with Gasteiger partial charge in [0.15, 0.2) is 0 Å². The Bertz CT molecular complexity index is 5940. The molecule has 0 saturated heterocycles. The summed E-state index contributed by atoms with van der Waals surface area (Å²) in [6.45, 7) is 0. The van der Waals surface area contributed by atoms with Gasteiger partial charge >= 0.3 is 23.2 Å². The highest BCUT2D eigenvalue weighted by Gasteiger charge is 2.52. The van der Waals surface area contributed by atoms with E-state index < -0.39 is 30.7 Å². The number of halogens is 3. The minimum Gasteiger partial charge on any atom is -0.431 e. The maximum atomic E-state index is 16.1. The van der Waals surface area contributed by atoms with Crippen LogP contribution in [0, 0.1) is 0 Å². The second kappa shape index (κ2) is 21.8. The molecule has 0 fully saturated rings. The highest BCUT2D eigenvalue weighted by Crippen LogP contribution is 2.70. The fraction of sp³-hybridized carbons (Fsp3) is 0.0122. The largest absolute Gasteiger partial charge is 0.518 e. The average molecular weight is 1310 g/mol. The Labute approximate surface area is 549 Å². The molecule has 16 aromatic carbocycles. The molecule has 0 aliphatic carbocycles. The molecule has 14 heteroatoms. The Balaban J connectivity index is 0.991. The summed E-state index contributed by atoms with van der Waals surface area (Å²) < 4.78 is 113. The molecule has 0 spiro atoms. The zero-order chi connectivity index (χ0) is 64.7. The second-order valence-corrected chi connectivity index (χ2v) is 30.3. The van der Waals surface area contributed by atoms with E-state index >= 15 is 13.2 Å². The van der Waals surface area contributed by atoms with Gasteiger partial charge in [0, 0.05) is 44.5 Å². The molecule has 0 radical (unpaired) electrons. The summed E-state index contributed by atoms with van der Waals surface area (Å²) in [5.41, 5.74) is 0.682. The van der Waals surface area contributed by atoms with E-state index in [0.29, 0.717) is 66.4 Å². The second-order valence-electron chi connectivity index (χ2n) is 24.3. The molecule has 96 heavy (non-hydrogen) atoms. The third kappa shape index (κ3) is 9.54. The van der Waals surface area contributed by atoms with Gasteiger partial charge in [0.2, 0.25) is 0 Å². The van der Waals surface area contributed by atoms with Crippen molar-refractivity contribution in [3.63, 3.8) is 0 Å². The molecule has 2 aliphatic rings. The van der Waals surface area contributed by atoms with Gasteiger partial charge in [-0.1, -0.05) is 247 Å². The Morgan fingerprint density at radius 3 is 0.823 bits per heavy atom. The first-order valence-corrected chi connectivity index (χ1v) is 36.0. The van der Waals surface area contributed by atoms with E-state index in [4.69, 9.17) is 24.4 Å². The minimum absolute atomic E-state index is 0.0154. The van der Waals surface area contributed by atoms with Crippen molar-refractivity contribution in [2.24, 2.45) is 4.15 Å². The van der Waals surface area contributed by atoms with Gasteiger partial charge in [0.05, 0.1) is 0 Å². The van der Waals surface area contributed by atoms with Gasteiger partial charge in [-0.15, -0.1) is 4.86 Å². The fourth-order valence-electron chi connectivity index (χ4n) is 14.1. The zero-order valence-electron chi connectivity index (χ0n) is 50.8. The smallest absolute Gasteiger partial charge is 0.431 e. The highest BCUT2D eigenvalue weighted by molar-refractivity contribution is 7.94. The lowest BCUT2D eigenvalue weighted by molar-refractivity contribution is -0.0435. The highest BCUT2D eigenvalue weighted by atomic mass is 32.2. The van der Waals surface area contributed by atoms with E-state index in [1.54, 1.807) is 0 Å². The number of alkyl halides is 3. The number of hydrogen-bond donors (Lipinski definition) is 1. The van der Waals surface area contributed by atoms with Gasteiger partial charge < -0.3 is 18.1 Å². The van der Waals surface area contributed by atoms with E-state index in [0.717, 1.165) is 86.5 Å². The zero-order valence-corrected chi connectivity index (χ0v) is 53.4. The number of nitrogens with one attached hydrogen (secondary N) is 1. The summed E-state index contributed by atoms with van der Waals surface area (Å²) in [6, 6.07) is 94.8. The SMILES string of the molecule is C=P1(NP2(=NS(=O)(=O)C(F)(F)F)Oc3c(-c4ccc5ccccc5c4)cc4ccccc4c3-c3c(c(-c4ccc5ccccc5c4)cc4ccccc34)O2)Oc2c(-c3ccc4ccccc4c3)cc3ccccc3c2-c2c(c(-c3ccc4ccccc4c3)cc3ccccc23)O1. The van der Waals surface area contributed by atoms with Crippen LogP contribution in [0.2, 0.25) is 0 Å². The van der Waals surface area contributed by atoms with Crippen LogP contribution in [-0.2, 0) is 10.0 Å². The lowest BCUT2D eigenvalue weighted by atomic mass is 9.86. The van der Waals surface area contributed by atoms with Crippen LogP contribution in [0.4, 0.5) is 13.2 Å². The summed E-state index contributed by atoms with van der Waals surface area (Å²) in [4.78, 5) is 3.32. The van der Waals surface area contributed by atoms with Crippen LogP contribution in [0.3, 0.4) is 0 Å². The van der Waals surface area contributed by atoms with Crippen LogP contribution >= 0.6 is 15.1 Å². The molecular formula is C82H51F3N2O6P2S.